The van der Waals surface area contributed by atoms with Crippen molar-refractivity contribution in [1.82, 2.24) is 9.80 Å². The van der Waals surface area contributed by atoms with Gasteiger partial charge in [0.1, 0.15) is 11.1 Å². The molecule has 0 aliphatic carbocycles. The molecule has 2 aliphatic heterocycles. The maximum absolute atomic E-state index is 12.6. The molecule has 1 aromatic heterocycles. The highest BCUT2D eigenvalue weighted by atomic mass is 32.1. The van der Waals surface area contributed by atoms with E-state index in [2.05, 4.69) is 57.4 Å². The summed E-state index contributed by atoms with van der Waals surface area (Å²) in [4.78, 5) is 20.6. The number of likely N-dealkylation sites (N-methyl/N-ethyl adjacent to an activating group) is 1. The maximum atomic E-state index is 12.6. The molecule has 0 atom stereocenters. The van der Waals surface area contributed by atoms with Crippen LogP contribution in [-0.4, -0.2) is 62.0 Å². The van der Waals surface area contributed by atoms with Crippen LogP contribution in [0.1, 0.15) is 16.0 Å². The lowest BCUT2D eigenvalue weighted by Gasteiger charge is -2.35. The molecule has 1 aromatic carbocycles. The third-order valence-corrected chi connectivity index (χ3v) is 6.61. The first-order valence-corrected chi connectivity index (χ1v) is 10.5. The summed E-state index contributed by atoms with van der Waals surface area (Å²) in [6.45, 7) is 5.73. The summed E-state index contributed by atoms with van der Waals surface area (Å²) in [5.74, 6) is -0.0309. The van der Waals surface area contributed by atoms with Crippen molar-refractivity contribution in [1.29, 1.82) is 5.26 Å². The van der Waals surface area contributed by atoms with Gasteiger partial charge in [-0.3, -0.25) is 9.69 Å². The van der Waals surface area contributed by atoms with Gasteiger partial charge in [-0.25, -0.2) is 0 Å². The van der Waals surface area contributed by atoms with Gasteiger partial charge in [0, 0.05) is 49.8 Å². The summed E-state index contributed by atoms with van der Waals surface area (Å²) in [5, 5.41) is 13.3. The number of hydrogen-bond acceptors (Lipinski definition) is 6. The van der Waals surface area contributed by atoms with Crippen LogP contribution in [0.5, 0.6) is 0 Å². The molecule has 146 valence electrons. The van der Waals surface area contributed by atoms with Crippen molar-refractivity contribution >= 4 is 27.9 Å². The van der Waals surface area contributed by atoms with Crippen LogP contribution in [0.25, 0.3) is 0 Å². The topological polar surface area (TPSA) is 62.6 Å². The third kappa shape index (κ3) is 4.04. The normalized spacial score (nSPS) is 17.8. The number of piperazine rings is 1. The van der Waals surface area contributed by atoms with Crippen LogP contribution in [0.4, 0.5) is 10.7 Å². The van der Waals surface area contributed by atoms with Crippen molar-refractivity contribution in [3.63, 3.8) is 0 Å². The van der Waals surface area contributed by atoms with Gasteiger partial charge in [-0.2, -0.15) is 5.26 Å². The zero-order valence-corrected chi connectivity index (χ0v) is 17.0. The van der Waals surface area contributed by atoms with Crippen LogP contribution < -0.4 is 10.2 Å². The van der Waals surface area contributed by atoms with Crippen molar-refractivity contribution in [2.45, 2.75) is 13.0 Å². The molecule has 4 rings (SSSR count). The highest BCUT2D eigenvalue weighted by Crippen LogP contribution is 2.36. The van der Waals surface area contributed by atoms with E-state index in [0.717, 1.165) is 56.3 Å². The molecule has 2 aromatic rings. The monoisotopic (exact) mass is 395 g/mol. The third-order valence-electron chi connectivity index (χ3n) is 5.47. The summed E-state index contributed by atoms with van der Waals surface area (Å²) in [5.41, 5.74) is 3.02. The lowest BCUT2D eigenvalue weighted by molar-refractivity contribution is -0.117. The smallest absolute Gasteiger partial charge is 0.239 e. The van der Waals surface area contributed by atoms with E-state index in [1.807, 2.05) is 6.07 Å². The number of thiophene rings is 1. The Labute approximate surface area is 170 Å². The van der Waals surface area contributed by atoms with Crippen molar-refractivity contribution in [3.8, 4) is 6.07 Å². The summed E-state index contributed by atoms with van der Waals surface area (Å²) < 4.78 is 0. The number of rotatable bonds is 4. The van der Waals surface area contributed by atoms with E-state index >= 15 is 0 Å². The second-order valence-electron chi connectivity index (χ2n) is 7.45. The van der Waals surface area contributed by atoms with Gasteiger partial charge in [0.05, 0.1) is 12.1 Å². The van der Waals surface area contributed by atoms with Gasteiger partial charge in [-0.15, -0.1) is 11.3 Å². The Hall–Kier alpha value is -2.40. The number of para-hydroxylation sites is 1. The number of nitrogens with zero attached hydrogens (tertiary/aromatic N) is 4. The summed E-state index contributed by atoms with van der Waals surface area (Å²) in [6.07, 6.45) is 0.878. The molecule has 28 heavy (non-hydrogen) atoms. The Kier molecular flexibility index (Phi) is 5.62. The van der Waals surface area contributed by atoms with Crippen LogP contribution in [0, 0.1) is 11.3 Å². The molecule has 0 unspecified atom stereocenters. The predicted molar refractivity (Wildman–Crippen MR) is 113 cm³/mol. The van der Waals surface area contributed by atoms with E-state index in [9.17, 15) is 10.1 Å². The second kappa shape index (κ2) is 8.31. The van der Waals surface area contributed by atoms with Crippen molar-refractivity contribution in [2.75, 3.05) is 56.5 Å². The van der Waals surface area contributed by atoms with E-state index in [1.165, 1.54) is 10.6 Å². The minimum atomic E-state index is -0.0309. The molecule has 0 saturated carbocycles. The average Bonchev–Trinajstić information content (AvgIpc) is 3.04. The SMILES string of the molecule is CN1CCc2c(sc(NC(=O)CN3CCN(c4ccccc4)CC3)c2C#N)C1. The maximum Gasteiger partial charge on any atom is 0.239 e. The number of fused-ring (bicyclic) bond motifs is 1. The van der Waals surface area contributed by atoms with Gasteiger partial charge in [0.25, 0.3) is 0 Å². The number of nitriles is 1. The highest BCUT2D eigenvalue weighted by Gasteiger charge is 2.25. The van der Waals surface area contributed by atoms with Gasteiger partial charge in [-0.1, -0.05) is 18.2 Å². The quantitative estimate of drug-likeness (QED) is 0.861. The molecule has 1 saturated heterocycles. The van der Waals surface area contributed by atoms with Crippen LogP contribution >= 0.6 is 11.3 Å². The Balaban J connectivity index is 1.34. The van der Waals surface area contributed by atoms with E-state index < -0.39 is 0 Å². The van der Waals surface area contributed by atoms with E-state index in [-0.39, 0.29) is 5.91 Å². The fourth-order valence-corrected chi connectivity index (χ4v) is 5.20. The molecule has 1 fully saturated rings. The standard InChI is InChI=1S/C21H25N5OS/c1-24-8-7-17-18(13-22)21(28-19(17)14-24)23-20(27)15-25-9-11-26(12-10-25)16-5-3-2-4-6-16/h2-6H,7-12,14-15H2,1H3,(H,23,27). The Morgan fingerprint density at radius 2 is 1.93 bits per heavy atom. The lowest BCUT2D eigenvalue weighted by Crippen LogP contribution is -2.48. The van der Waals surface area contributed by atoms with Crippen molar-refractivity contribution in [2.24, 2.45) is 0 Å². The van der Waals surface area contributed by atoms with Gasteiger partial charge in [0.15, 0.2) is 0 Å². The second-order valence-corrected chi connectivity index (χ2v) is 8.56. The Morgan fingerprint density at radius 1 is 1.18 bits per heavy atom. The number of amides is 1. The molecular formula is C21H25N5OS. The van der Waals surface area contributed by atoms with Crippen LogP contribution in [0.15, 0.2) is 30.3 Å². The van der Waals surface area contributed by atoms with E-state index in [0.29, 0.717) is 12.1 Å². The zero-order chi connectivity index (χ0) is 19.5. The molecule has 1 amide bonds. The molecule has 0 bridgehead atoms. The summed E-state index contributed by atoms with van der Waals surface area (Å²) in [7, 11) is 2.09. The average molecular weight is 396 g/mol. The number of carbonyl (C=O) groups excluding carboxylic acids is 1. The first-order valence-electron chi connectivity index (χ1n) is 9.69. The fourth-order valence-electron chi connectivity index (χ4n) is 3.91. The van der Waals surface area contributed by atoms with Gasteiger partial charge >= 0.3 is 0 Å². The van der Waals surface area contributed by atoms with Gasteiger partial charge < -0.3 is 15.1 Å². The molecular weight excluding hydrogens is 370 g/mol. The first kappa shape index (κ1) is 18.9. The number of nitrogens with one attached hydrogen (secondary N) is 1. The molecule has 2 aliphatic rings. The largest absolute Gasteiger partial charge is 0.369 e. The predicted octanol–water partition coefficient (Wildman–Crippen LogP) is 2.37. The van der Waals surface area contributed by atoms with E-state index in [1.54, 1.807) is 11.3 Å². The minimum Gasteiger partial charge on any atom is -0.369 e. The van der Waals surface area contributed by atoms with Crippen molar-refractivity contribution in [3.05, 3.63) is 46.3 Å². The molecule has 7 heteroatoms. The van der Waals surface area contributed by atoms with Crippen molar-refractivity contribution < 1.29 is 4.79 Å². The summed E-state index contributed by atoms with van der Waals surface area (Å²) in [6, 6.07) is 12.7. The summed E-state index contributed by atoms with van der Waals surface area (Å²) >= 11 is 1.56. The fraction of sp³-hybridized carbons (Fsp3) is 0.429. The first-order chi connectivity index (χ1) is 13.6. The molecule has 6 nitrogen and oxygen atoms in total. The highest BCUT2D eigenvalue weighted by molar-refractivity contribution is 7.16. The Bertz CT molecular complexity index is 880. The van der Waals surface area contributed by atoms with Crippen LogP contribution in [0.2, 0.25) is 0 Å². The zero-order valence-electron chi connectivity index (χ0n) is 16.1. The lowest BCUT2D eigenvalue weighted by atomic mass is 10.0. The number of carbonyl (C=O) groups is 1. The number of anilines is 2. The molecule has 0 spiro atoms. The number of hydrogen-bond donors (Lipinski definition) is 1. The van der Waals surface area contributed by atoms with Gasteiger partial charge in [-0.05, 0) is 31.2 Å². The van der Waals surface area contributed by atoms with Crippen LogP contribution in [-0.2, 0) is 17.8 Å². The minimum absolute atomic E-state index is 0.0309. The molecule has 1 N–H and O–H groups in total. The number of benzene rings is 1. The van der Waals surface area contributed by atoms with Gasteiger partial charge in [0.2, 0.25) is 5.91 Å². The van der Waals surface area contributed by atoms with Crippen LogP contribution in [0.3, 0.4) is 0 Å². The Morgan fingerprint density at radius 3 is 2.64 bits per heavy atom. The van der Waals surface area contributed by atoms with E-state index in [4.69, 9.17) is 0 Å². The molecule has 3 heterocycles. The molecule has 0 radical (unpaired) electrons.